The van der Waals surface area contributed by atoms with E-state index in [0.29, 0.717) is 30.5 Å². The van der Waals surface area contributed by atoms with Crippen LogP contribution in [0, 0.1) is 5.92 Å². The van der Waals surface area contributed by atoms with Gasteiger partial charge in [0.25, 0.3) is 0 Å². The highest BCUT2D eigenvalue weighted by Gasteiger charge is 2.31. The third-order valence-corrected chi connectivity index (χ3v) is 8.08. The number of benzene rings is 2. The molecule has 2 aliphatic rings. The fraction of sp³-hybridized carbons (Fsp3) is 0.538. The standard InChI is InChI=1S/C26H37N3O3S/c1-18(2)29-26-11-9-21-8-10-23(32-13-12-28-33(30,31)17-19-6-7-19)16-24(21)25(26)15-20-4-3-5-22(27)14-20/h3-5,8,10,14,16,18-19,25-26,28-29H,6-7,9,11-13,15,17,27H2,1-2H3. The summed E-state index contributed by atoms with van der Waals surface area (Å²) < 4.78 is 32.8. The SMILES string of the molecule is CC(C)NC1CCc2ccc(OCCNS(=O)(=O)CC3CC3)cc2C1Cc1cccc(N)c1. The Morgan fingerprint density at radius 1 is 1.12 bits per heavy atom. The minimum Gasteiger partial charge on any atom is -0.492 e. The highest BCUT2D eigenvalue weighted by atomic mass is 32.2. The molecule has 7 heteroatoms. The van der Waals surface area contributed by atoms with Crippen LogP contribution in [-0.4, -0.2) is 39.4 Å². The molecule has 4 N–H and O–H groups in total. The van der Waals surface area contributed by atoms with Gasteiger partial charge >= 0.3 is 0 Å². The third kappa shape index (κ3) is 6.95. The molecule has 6 nitrogen and oxygen atoms in total. The average molecular weight is 472 g/mol. The summed E-state index contributed by atoms with van der Waals surface area (Å²) in [6.07, 6.45) is 5.09. The summed E-state index contributed by atoms with van der Waals surface area (Å²) in [5.41, 5.74) is 10.7. The zero-order valence-electron chi connectivity index (χ0n) is 19.7. The number of aryl methyl sites for hydroxylation is 1. The fourth-order valence-electron chi connectivity index (χ4n) is 4.84. The summed E-state index contributed by atoms with van der Waals surface area (Å²) in [6.45, 7) is 4.99. The third-order valence-electron chi connectivity index (χ3n) is 6.53. The van der Waals surface area contributed by atoms with Crippen molar-refractivity contribution in [3.05, 3.63) is 59.2 Å². The molecule has 0 radical (unpaired) electrons. The number of nitrogens with two attached hydrogens (primary N) is 1. The number of rotatable bonds is 11. The van der Waals surface area contributed by atoms with Crippen LogP contribution in [0.3, 0.4) is 0 Å². The Balaban J connectivity index is 1.45. The van der Waals surface area contributed by atoms with Crippen LogP contribution in [0.5, 0.6) is 5.75 Å². The molecule has 0 aliphatic heterocycles. The van der Waals surface area contributed by atoms with Crippen LogP contribution in [0.25, 0.3) is 0 Å². The largest absolute Gasteiger partial charge is 0.492 e. The normalized spacial score (nSPS) is 20.6. The first-order valence-electron chi connectivity index (χ1n) is 12.1. The second kappa shape index (κ2) is 10.5. The van der Waals surface area contributed by atoms with E-state index in [9.17, 15) is 8.42 Å². The van der Waals surface area contributed by atoms with Gasteiger partial charge in [0.15, 0.2) is 0 Å². The number of sulfonamides is 1. The van der Waals surface area contributed by atoms with E-state index >= 15 is 0 Å². The minimum atomic E-state index is -3.20. The van der Waals surface area contributed by atoms with Crippen LogP contribution in [0.2, 0.25) is 0 Å². The molecule has 0 saturated heterocycles. The number of hydrogen-bond donors (Lipinski definition) is 3. The quantitative estimate of drug-likeness (QED) is 0.344. The molecule has 1 fully saturated rings. The first-order chi connectivity index (χ1) is 15.8. The highest BCUT2D eigenvalue weighted by Crippen LogP contribution is 2.37. The number of nitrogen functional groups attached to an aromatic ring is 1. The summed E-state index contributed by atoms with van der Waals surface area (Å²) in [5, 5.41) is 3.77. The maximum absolute atomic E-state index is 12.1. The van der Waals surface area contributed by atoms with E-state index < -0.39 is 10.0 Å². The van der Waals surface area contributed by atoms with Crippen LogP contribution < -0.4 is 20.5 Å². The van der Waals surface area contributed by atoms with Crippen molar-refractivity contribution in [1.82, 2.24) is 10.0 Å². The summed E-state index contributed by atoms with van der Waals surface area (Å²) in [5.74, 6) is 1.69. The van der Waals surface area contributed by atoms with Crippen molar-refractivity contribution in [1.29, 1.82) is 0 Å². The first-order valence-corrected chi connectivity index (χ1v) is 13.8. The van der Waals surface area contributed by atoms with Crippen LogP contribution in [-0.2, 0) is 22.9 Å². The Labute approximate surface area is 198 Å². The Hall–Kier alpha value is -2.09. The van der Waals surface area contributed by atoms with Crippen LogP contribution in [0.1, 0.15) is 55.7 Å². The molecule has 0 aromatic heterocycles. The molecule has 4 rings (SSSR count). The lowest BCUT2D eigenvalue weighted by atomic mass is 9.76. The zero-order valence-corrected chi connectivity index (χ0v) is 20.5. The highest BCUT2D eigenvalue weighted by molar-refractivity contribution is 7.89. The van der Waals surface area contributed by atoms with Crippen molar-refractivity contribution < 1.29 is 13.2 Å². The van der Waals surface area contributed by atoms with E-state index in [0.717, 1.165) is 43.5 Å². The molecule has 0 bridgehead atoms. The molecule has 0 amide bonds. The molecule has 33 heavy (non-hydrogen) atoms. The van der Waals surface area contributed by atoms with Gasteiger partial charge in [-0.25, -0.2) is 13.1 Å². The fourth-order valence-corrected chi connectivity index (χ4v) is 6.30. The second-order valence-corrected chi connectivity index (χ2v) is 11.7. The van der Waals surface area contributed by atoms with Gasteiger partial charge in [0.05, 0.1) is 5.75 Å². The smallest absolute Gasteiger partial charge is 0.211 e. The van der Waals surface area contributed by atoms with E-state index in [-0.39, 0.29) is 12.3 Å². The molecule has 0 spiro atoms. The van der Waals surface area contributed by atoms with E-state index in [4.69, 9.17) is 10.5 Å². The number of anilines is 1. The maximum atomic E-state index is 12.1. The van der Waals surface area contributed by atoms with Crippen LogP contribution >= 0.6 is 0 Å². The van der Waals surface area contributed by atoms with Gasteiger partial charge in [0.2, 0.25) is 10.0 Å². The molecular formula is C26H37N3O3S. The van der Waals surface area contributed by atoms with Gasteiger partial charge in [-0.3, -0.25) is 0 Å². The zero-order chi connectivity index (χ0) is 23.4. The minimum absolute atomic E-state index is 0.238. The predicted molar refractivity (Wildman–Crippen MR) is 134 cm³/mol. The van der Waals surface area contributed by atoms with Crippen molar-refractivity contribution in [2.24, 2.45) is 5.92 Å². The lowest BCUT2D eigenvalue weighted by molar-refractivity contribution is 0.319. The van der Waals surface area contributed by atoms with E-state index in [1.807, 2.05) is 18.2 Å². The average Bonchev–Trinajstić information content (AvgIpc) is 3.56. The van der Waals surface area contributed by atoms with E-state index in [2.05, 4.69) is 48.2 Å². The summed E-state index contributed by atoms with van der Waals surface area (Å²) in [4.78, 5) is 0. The second-order valence-electron chi connectivity index (χ2n) is 9.85. The summed E-state index contributed by atoms with van der Waals surface area (Å²) in [6, 6.07) is 15.3. The molecule has 1 saturated carbocycles. The van der Waals surface area contributed by atoms with Gasteiger partial charge in [0.1, 0.15) is 12.4 Å². The molecule has 2 atom stereocenters. The number of nitrogens with one attached hydrogen (secondary N) is 2. The van der Waals surface area contributed by atoms with Crippen molar-refractivity contribution >= 4 is 15.7 Å². The van der Waals surface area contributed by atoms with Crippen LogP contribution in [0.4, 0.5) is 5.69 Å². The van der Waals surface area contributed by atoms with Gasteiger partial charge in [0, 0.05) is 30.2 Å². The summed E-state index contributed by atoms with van der Waals surface area (Å²) >= 11 is 0. The van der Waals surface area contributed by atoms with Gasteiger partial charge < -0.3 is 15.8 Å². The summed E-state index contributed by atoms with van der Waals surface area (Å²) in [7, 11) is -3.20. The molecule has 2 aliphatic carbocycles. The van der Waals surface area contributed by atoms with Gasteiger partial charge in [-0.05, 0) is 79.0 Å². The molecule has 2 aromatic carbocycles. The lowest BCUT2D eigenvalue weighted by Gasteiger charge is -2.36. The van der Waals surface area contributed by atoms with Crippen LogP contribution in [0.15, 0.2) is 42.5 Å². The molecule has 2 unspecified atom stereocenters. The Kier molecular flexibility index (Phi) is 7.62. The topological polar surface area (TPSA) is 93.5 Å². The van der Waals surface area contributed by atoms with Crippen molar-refractivity contribution in [3.8, 4) is 5.75 Å². The molecular weight excluding hydrogens is 434 g/mol. The van der Waals surface area contributed by atoms with Gasteiger partial charge in [-0.1, -0.05) is 32.0 Å². The molecule has 2 aromatic rings. The van der Waals surface area contributed by atoms with Gasteiger partial charge in [-0.15, -0.1) is 0 Å². The molecule has 180 valence electrons. The number of hydrogen-bond acceptors (Lipinski definition) is 5. The predicted octanol–water partition coefficient (Wildman–Crippen LogP) is 3.62. The van der Waals surface area contributed by atoms with Gasteiger partial charge in [-0.2, -0.15) is 0 Å². The van der Waals surface area contributed by atoms with Crippen molar-refractivity contribution in [3.63, 3.8) is 0 Å². The van der Waals surface area contributed by atoms with Crippen molar-refractivity contribution in [2.45, 2.75) is 64.0 Å². The van der Waals surface area contributed by atoms with E-state index in [1.165, 1.54) is 16.7 Å². The number of ether oxygens (including phenoxy) is 1. The number of fused-ring (bicyclic) bond motifs is 1. The first kappa shape index (κ1) is 24.0. The van der Waals surface area contributed by atoms with E-state index in [1.54, 1.807) is 0 Å². The molecule has 0 heterocycles. The monoisotopic (exact) mass is 471 g/mol. The Morgan fingerprint density at radius 3 is 2.67 bits per heavy atom. The Bertz CT molecular complexity index is 1050. The maximum Gasteiger partial charge on any atom is 0.211 e. The lowest BCUT2D eigenvalue weighted by Crippen LogP contribution is -2.42. The van der Waals surface area contributed by atoms with Crippen molar-refractivity contribution in [2.75, 3.05) is 24.6 Å². The Morgan fingerprint density at radius 2 is 1.94 bits per heavy atom.